The smallest absolute Gasteiger partial charge is 0.492 e. The van der Waals surface area contributed by atoms with Crippen molar-refractivity contribution in [3.05, 3.63) is 95.1 Å². The fraction of sp³-hybridized carbons (Fsp3) is 0.259. The van der Waals surface area contributed by atoms with Gasteiger partial charge >= 0.3 is 7.82 Å². The van der Waals surface area contributed by atoms with E-state index in [0.717, 1.165) is 41.0 Å². The molecular formula is C27H32NO5P. The predicted octanol–water partition coefficient (Wildman–Crippen LogP) is 5.78. The van der Waals surface area contributed by atoms with E-state index in [1.807, 2.05) is 50.5 Å². The molecule has 0 aromatic heterocycles. The number of likely N-dealkylation sites (N-methyl/N-ethyl adjacent to an activating group) is 1. The highest BCUT2D eigenvalue weighted by Crippen LogP contribution is 2.39. The van der Waals surface area contributed by atoms with Crippen LogP contribution >= 0.6 is 7.82 Å². The molecule has 3 aromatic rings. The number of hydrogen-bond donors (Lipinski definition) is 2. The number of benzene rings is 3. The first-order valence-electron chi connectivity index (χ1n) is 11.2. The van der Waals surface area contributed by atoms with Gasteiger partial charge in [-0.1, -0.05) is 61.0 Å². The van der Waals surface area contributed by atoms with E-state index in [1.165, 1.54) is 11.1 Å². The van der Waals surface area contributed by atoms with E-state index in [0.29, 0.717) is 6.61 Å². The maximum absolute atomic E-state index is 11.2. The van der Waals surface area contributed by atoms with Gasteiger partial charge in [-0.15, -0.1) is 0 Å². The summed E-state index contributed by atoms with van der Waals surface area (Å²) in [6.45, 7) is 5.64. The van der Waals surface area contributed by atoms with Crippen LogP contribution in [0.1, 0.15) is 35.6 Å². The maximum Gasteiger partial charge on any atom is 0.524 e. The molecule has 7 heteroatoms. The van der Waals surface area contributed by atoms with Gasteiger partial charge in [0, 0.05) is 6.54 Å². The van der Waals surface area contributed by atoms with Crippen molar-refractivity contribution in [3.8, 4) is 11.5 Å². The number of allylic oxidation sites excluding steroid dienone is 1. The first-order valence-corrected chi connectivity index (χ1v) is 12.7. The average Bonchev–Trinajstić information content (AvgIpc) is 2.78. The molecule has 180 valence electrons. The second-order valence-corrected chi connectivity index (χ2v) is 9.52. The quantitative estimate of drug-likeness (QED) is 0.282. The summed E-state index contributed by atoms with van der Waals surface area (Å²) in [5, 5.41) is 0. The summed E-state index contributed by atoms with van der Waals surface area (Å²) < 4.78 is 21.8. The summed E-state index contributed by atoms with van der Waals surface area (Å²) in [6, 6.07) is 23.3. The van der Waals surface area contributed by atoms with Crippen LogP contribution in [0.4, 0.5) is 0 Å². The number of ether oxygens (including phenoxy) is 1. The van der Waals surface area contributed by atoms with E-state index in [-0.39, 0.29) is 5.75 Å². The van der Waals surface area contributed by atoms with E-state index in [2.05, 4.69) is 43.0 Å². The van der Waals surface area contributed by atoms with Gasteiger partial charge in [0.25, 0.3) is 0 Å². The Kier molecular flexibility index (Phi) is 8.70. The molecule has 3 aromatic carbocycles. The van der Waals surface area contributed by atoms with Crippen LogP contribution in [0.3, 0.4) is 0 Å². The Morgan fingerprint density at radius 1 is 0.824 bits per heavy atom. The summed E-state index contributed by atoms with van der Waals surface area (Å²) in [7, 11) is -0.590. The number of phosphoric ester groups is 1. The highest BCUT2D eigenvalue weighted by atomic mass is 31.2. The SMILES string of the molecule is CC/C(=C(/c1ccc(OCCN(C)C)cc1)c1ccc(OP(=O)(O)O)cc1)c1ccc(C)cc1. The monoisotopic (exact) mass is 481 g/mol. The van der Waals surface area contributed by atoms with Crippen LogP contribution in [-0.2, 0) is 4.57 Å². The summed E-state index contributed by atoms with van der Waals surface area (Å²) in [5.41, 5.74) is 6.50. The van der Waals surface area contributed by atoms with Crippen LogP contribution in [0, 0.1) is 6.92 Å². The van der Waals surface area contributed by atoms with Gasteiger partial charge in [0.05, 0.1) is 0 Å². The minimum atomic E-state index is -4.61. The molecule has 0 amide bonds. The molecule has 6 nitrogen and oxygen atoms in total. The summed E-state index contributed by atoms with van der Waals surface area (Å²) >= 11 is 0. The fourth-order valence-electron chi connectivity index (χ4n) is 3.68. The van der Waals surface area contributed by atoms with Crippen molar-refractivity contribution >= 4 is 19.0 Å². The number of aryl methyl sites for hydroxylation is 1. The van der Waals surface area contributed by atoms with Crippen LogP contribution < -0.4 is 9.26 Å². The van der Waals surface area contributed by atoms with Gasteiger partial charge < -0.3 is 14.2 Å². The van der Waals surface area contributed by atoms with Crippen molar-refractivity contribution in [3.63, 3.8) is 0 Å². The highest BCUT2D eigenvalue weighted by molar-refractivity contribution is 7.46. The van der Waals surface area contributed by atoms with Gasteiger partial charge in [-0.3, -0.25) is 9.79 Å². The van der Waals surface area contributed by atoms with Gasteiger partial charge in [-0.25, -0.2) is 4.57 Å². The molecular weight excluding hydrogens is 449 g/mol. The average molecular weight is 482 g/mol. The molecule has 3 rings (SSSR count). The largest absolute Gasteiger partial charge is 0.524 e. The molecule has 34 heavy (non-hydrogen) atoms. The van der Waals surface area contributed by atoms with E-state index < -0.39 is 7.82 Å². The topological polar surface area (TPSA) is 79.2 Å². The Balaban J connectivity index is 2.04. The maximum atomic E-state index is 11.2. The van der Waals surface area contributed by atoms with Crippen molar-refractivity contribution in [2.24, 2.45) is 0 Å². The molecule has 0 spiro atoms. The molecule has 0 atom stereocenters. The summed E-state index contributed by atoms with van der Waals surface area (Å²) in [6.07, 6.45) is 0.806. The zero-order valence-electron chi connectivity index (χ0n) is 20.1. The van der Waals surface area contributed by atoms with Gasteiger partial charge in [0.15, 0.2) is 0 Å². The zero-order chi connectivity index (χ0) is 24.7. The van der Waals surface area contributed by atoms with Crippen LogP contribution in [0.25, 0.3) is 11.1 Å². The Bertz CT molecular complexity index is 1150. The first kappa shape index (κ1) is 25.7. The minimum Gasteiger partial charge on any atom is -0.492 e. The Labute approximate surface area is 201 Å². The molecule has 0 fully saturated rings. The molecule has 0 saturated heterocycles. The van der Waals surface area contributed by atoms with Gasteiger partial charge in [-0.05, 0) is 79.5 Å². The van der Waals surface area contributed by atoms with E-state index in [4.69, 9.17) is 19.0 Å². The van der Waals surface area contributed by atoms with Gasteiger partial charge in [0.1, 0.15) is 18.1 Å². The summed E-state index contributed by atoms with van der Waals surface area (Å²) in [4.78, 5) is 20.3. The van der Waals surface area contributed by atoms with Crippen LogP contribution in [0.5, 0.6) is 11.5 Å². The van der Waals surface area contributed by atoms with Crippen molar-refractivity contribution in [2.75, 3.05) is 27.2 Å². The van der Waals surface area contributed by atoms with Crippen molar-refractivity contribution in [2.45, 2.75) is 20.3 Å². The minimum absolute atomic E-state index is 0.120. The van der Waals surface area contributed by atoms with Crippen molar-refractivity contribution < 1.29 is 23.6 Å². The van der Waals surface area contributed by atoms with E-state index in [1.54, 1.807) is 12.1 Å². The lowest BCUT2D eigenvalue weighted by Crippen LogP contribution is -2.19. The van der Waals surface area contributed by atoms with E-state index >= 15 is 0 Å². The third-order valence-corrected chi connectivity index (χ3v) is 5.82. The van der Waals surface area contributed by atoms with Crippen LogP contribution in [0.2, 0.25) is 0 Å². The van der Waals surface area contributed by atoms with Crippen molar-refractivity contribution in [1.29, 1.82) is 0 Å². The lowest BCUT2D eigenvalue weighted by molar-refractivity contribution is 0.261. The molecule has 2 N–H and O–H groups in total. The molecule has 0 bridgehead atoms. The van der Waals surface area contributed by atoms with Crippen LogP contribution in [-0.4, -0.2) is 41.9 Å². The number of phosphoric acid groups is 1. The Hall–Kier alpha value is -2.89. The number of rotatable bonds is 10. The second kappa shape index (κ2) is 11.5. The molecule has 0 radical (unpaired) electrons. The van der Waals surface area contributed by atoms with Crippen molar-refractivity contribution in [1.82, 2.24) is 4.90 Å². The highest BCUT2D eigenvalue weighted by Gasteiger charge is 2.17. The molecule has 0 saturated carbocycles. The normalized spacial score (nSPS) is 12.4. The number of nitrogens with zero attached hydrogens (tertiary/aromatic N) is 1. The molecule has 0 unspecified atom stereocenters. The van der Waals surface area contributed by atoms with E-state index in [9.17, 15) is 4.57 Å². The van der Waals surface area contributed by atoms with Gasteiger partial charge in [0.2, 0.25) is 0 Å². The Morgan fingerprint density at radius 3 is 1.79 bits per heavy atom. The van der Waals surface area contributed by atoms with Crippen LogP contribution in [0.15, 0.2) is 72.8 Å². The fourth-order valence-corrected chi connectivity index (χ4v) is 4.08. The zero-order valence-corrected chi connectivity index (χ0v) is 21.0. The second-order valence-electron chi connectivity index (χ2n) is 8.36. The standard InChI is InChI=1S/C27H32NO5P/c1-5-26(21-8-6-20(2)7-9-21)27(23-12-16-25(17-13-23)33-34(29,30)31)22-10-14-24(15-11-22)32-19-18-28(3)4/h6-17H,5,18-19H2,1-4H3,(H2,29,30,31)/b27-26+. The molecule has 0 aliphatic carbocycles. The Morgan fingerprint density at radius 2 is 1.32 bits per heavy atom. The molecule has 0 aliphatic heterocycles. The third-order valence-electron chi connectivity index (χ3n) is 5.37. The molecule has 0 heterocycles. The lowest BCUT2D eigenvalue weighted by atomic mass is 9.88. The lowest BCUT2D eigenvalue weighted by Gasteiger charge is -2.18. The third kappa shape index (κ3) is 7.31. The van der Waals surface area contributed by atoms with Gasteiger partial charge in [-0.2, -0.15) is 0 Å². The first-order chi connectivity index (χ1) is 16.2. The molecule has 0 aliphatic rings. The summed E-state index contributed by atoms with van der Waals surface area (Å²) in [5.74, 6) is 0.929. The predicted molar refractivity (Wildman–Crippen MR) is 137 cm³/mol. The number of hydrogen-bond acceptors (Lipinski definition) is 4.